The Morgan fingerprint density at radius 1 is 0.540 bits per heavy atom. The van der Waals surface area contributed by atoms with Crippen LogP contribution in [0.15, 0.2) is 24.3 Å². The van der Waals surface area contributed by atoms with E-state index in [4.69, 9.17) is 14.2 Å². The lowest BCUT2D eigenvalue weighted by atomic mass is 10.1. The zero-order valence-electron chi connectivity index (χ0n) is 34.0. The number of nitrogens with one attached hydrogen (secondary N) is 1. The molecule has 0 aromatic heterocycles. The van der Waals surface area contributed by atoms with Gasteiger partial charge in [-0.1, -0.05) is 154 Å². The molecular formula is C44H86N2O4. The van der Waals surface area contributed by atoms with Crippen molar-refractivity contribution in [2.24, 2.45) is 0 Å². The molecule has 1 unspecified atom stereocenters. The molecule has 0 radical (unpaired) electrons. The molecule has 0 aromatic carbocycles. The Labute approximate surface area is 312 Å². The molecule has 0 aliphatic heterocycles. The van der Waals surface area contributed by atoms with Crippen molar-refractivity contribution in [2.45, 2.75) is 200 Å². The Bertz CT molecular complexity index is 727. The highest BCUT2D eigenvalue weighted by Crippen LogP contribution is 2.12. The molecule has 50 heavy (non-hydrogen) atoms. The van der Waals surface area contributed by atoms with Crippen molar-refractivity contribution in [1.82, 2.24) is 10.2 Å². The van der Waals surface area contributed by atoms with E-state index in [-0.39, 0.29) is 18.8 Å². The maximum atomic E-state index is 12.1. The molecule has 296 valence electrons. The van der Waals surface area contributed by atoms with E-state index in [9.17, 15) is 4.79 Å². The van der Waals surface area contributed by atoms with Gasteiger partial charge in [0.25, 0.3) is 0 Å². The number of amides is 1. The number of rotatable bonds is 40. The number of ether oxygens (including phenoxy) is 3. The SMILES string of the molecule is CCCCCCCCC=CCCCCCCCCOCC(COC(=O)NCCN(C)C)OCCCCCCCCC=CCCCCCCCC. The Morgan fingerprint density at radius 3 is 1.38 bits per heavy atom. The summed E-state index contributed by atoms with van der Waals surface area (Å²) in [5, 5.41) is 2.82. The predicted octanol–water partition coefficient (Wildman–Crippen LogP) is 12.8. The fourth-order valence-corrected chi connectivity index (χ4v) is 6.01. The molecule has 0 fully saturated rings. The first kappa shape index (κ1) is 48.6. The maximum absolute atomic E-state index is 12.1. The molecule has 0 saturated carbocycles. The molecule has 0 saturated heterocycles. The average molecular weight is 707 g/mol. The monoisotopic (exact) mass is 707 g/mol. The Hall–Kier alpha value is -1.37. The van der Waals surface area contributed by atoms with E-state index < -0.39 is 0 Å². The second kappa shape index (κ2) is 42.0. The fourth-order valence-electron chi connectivity index (χ4n) is 6.01. The van der Waals surface area contributed by atoms with Crippen molar-refractivity contribution in [1.29, 1.82) is 0 Å². The van der Waals surface area contributed by atoms with Crippen LogP contribution in [0, 0.1) is 0 Å². The second-order valence-corrected chi connectivity index (χ2v) is 14.8. The van der Waals surface area contributed by atoms with Gasteiger partial charge in [-0.25, -0.2) is 4.79 Å². The molecule has 6 heteroatoms. The van der Waals surface area contributed by atoms with Crippen LogP contribution in [-0.2, 0) is 14.2 Å². The summed E-state index contributed by atoms with van der Waals surface area (Å²) in [6.07, 6.45) is 45.4. The van der Waals surface area contributed by atoms with E-state index in [1.54, 1.807) is 0 Å². The number of hydrogen-bond donors (Lipinski definition) is 1. The minimum absolute atomic E-state index is 0.216. The lowest BCUT2D eigenvalue weighted by Crippen LogP contribution is -2.35. The maximum Gasteiger partial charge on any atom is 0.407 e. The minimum Gasteiger partial charge on any atom is -0.447 e. The summed E-state index contributed by atoms with van der Waals surface area (Å²) in [6, 6.07) is 0. The third-order valence-corrected chi connectivity index (χ3v) is 9.34. The number of carbonyl (C=O) groups excluding carboxylic acids is 1. The number of alkyl carbamates (subject to hydrolysis) is 1. The normalized spacial score (nSPS) is 12.5. The summed E-state index contributed by atoms with van der Waals surface area (Å²) < 4.78 is 17.6. The van der Waals surface area contributed by atoms with Gasteiger partial charge in [-0.15, -0.1) is 0 Å². The highest BCUT2D eigenvalue weighted by Gasteiger charge is 2.13. The van der Waals surface area contributed by atoms with E-state index in [0.29, 0.717) is 19.8 Å². The molecule has 0 aliphatic rings. The molecule has 0 aliphatic carbocycles. The van der Waals surface area contributed by atoms with Crippen molar-refractivity contribution >= 4 is 6.09 Å². The van der Waals surface area contributed by atoms with Crippen molar-refractivity contribution in [3.05, 3.63) is 24.3 Å². The summed E-state index contributed by atoms with van der Waals surface area (Å²) in [4.78, 5) is 14.2. The zero-order valence-corrected chi connectivity index (χ0v) is 34.0. The number of nitrogens with zero attached hydrogens (tertiary/aromatic N) is 1. The van der Waals surface area contributed by atoms with Gasteiger partial charge >= 0.3 is 6.09 Å². The lowest BCUT2D eigenvalue weighted by Gasteiger charge is -2.19. The van der Waals surface area contributed by atoms with Crippen LogP contribution in [0.3, 0.4) is 0 Å². The molecule has 0 aromatic rings. The zero-order chi connectivity index (χ0) is 36.4. The van der Waals surface area contributed by atoms with Gasteiger partial charge in [0.2, 0.25) is 0 Å². The molecule has 0 spiro atoms. The average Bonchev–Trinajstić information content (AvgIpc) is 3.10. The quantitative estimate of drug-likeness (QED) is 0.0508. The lowest BCUT2D eigenvalue weighted by molar-refractivity contribution is -0.0468. The molecule has 6 nitrogen and oxygen atoms in total. The van der Waals surface area contributed by atoms with Gasteiger partial charge in [-0.3, -0.25) is 0 Å². The first-order chi connectivity index (χ1) is 24.6. The van der Waals surface area contributed by atoms with Gasteiger partial charge in [-0.05, 0) is 78.3 Å². The predicted molar refractivity (Wildman–Crippen MR) is 217 cm³/mol. The van der Waals surface area contributed by atoms with Crippen LogP contribution < -0.4 is 5.32 Å². The summed E-state index contributed by atoms with van der Waals surface area (Å²) in [5.74, 6) is 0. The van der Waals surface area contributed by atoms with Crippen LogP contribution in [0.25, 0.3) is 0 Å². The van der Waals surface area contributed by atoms with Gasteiger partial charge in [0, 0.05) is 26.3 Å². The van der Waals surface area contributed by atoms with E-state index in [2.05, 4.69) is 43.5 Å². The standard InChI is InChI=1S/C44H86N2O4/c1-5-7-9-11-13-15-17-19-21-23-25-27-29-31-33-35-39-48-41-43(42-50-44(47)45-37-38-46(3)4)49-40-36-34-32-30-28-26-24-22-20-18-16-14-12-10-8-6-2/h19-22,43H,5-18,23-42H2,1-4H3,(H,45,47). The summed E-state index contributed by atoms with van der Waals surface area (Å²) >= 11 is 0. The van der Waals surface area contributed by atoms with Crippen molar-refractivity contribution < 1.29 is 19.0 Å². The molecule has 1 amide bonds. The summed E-state index contributed by atoms with van der Waals surface area (Å²) in [5.41, 5.74) is 0. The number of allylic oxidation sites excluding steroid dienone is 4. The summed E-state index contributed by atoms with van der Waals surface area (Å²) in [6.45, 7) is 8.04. The van der Waals surface area contributed by atoms with Crippen LogP contribution in [0.1, 0.15) is 194 Å². The van der Waals surface area contributed by atoms with Crippen molar-refractivity contribution in [2.75, 3.05) is 53.6 Å². The van der Waals surface area contributed by atoms with E-state index >= 15 is 0 Å². The van der Waals surface area contributed by atoms with Gasteiger partial charge in [0.15, 0.2) is 0 Å². The van der Waals surface area contributed by atoms with Gasteiger partial charge in [-0.2, -0.15) is 0 Å². The molecular weight excluding hydrogens is 620 g/mol. The number of carbonyl (C=O) groups is 1. The third kappa shape index (κ3) is 41.1. The highest BCUT2D eigenvalue weighted by atomic mass is 16.6. The number of unbranched alkanes of at least 4 members (excludes halogenated alkanes) is 24. The first-order valence-electron chi connectivity index (χ1n) is 21.6. The van der Waals surface area contributed by atoms with Crippen molar-refractivity contribution in [3.8, 4) is 0 Å². The molecule has 0 heterocycles. The first-order valence-corrected chi connectivity index (χ1v) is 21.6. The van der Waals surface area contributed by atoms with Gasteiger partial charge in [0.1, 0.15) is 12.7 Å². The van der Waals surface area contributed by atoms with Gasteiger partial charge in [0.05, 0.1) is 6.61 Å². The Balaban J connectivity index is 3.94. The number of hydrogen-bond acceptors (Lipinski definition) is 5. The van der Waals surface area contributed by atoms with Crippen molar-refractivity contribution in [3.63, 3.8) is 0 Å². The van der Waals surface area contributed by atoms with E-state index in [1.807, 2.05) is 19.0 Å². The molecule has 0 bridgehead atoms. The van der Waals surface area contributed by atoms with E-state index in [1.165, 1.54) is 167 Å². The molecule has 1 atom stereocenters. The van der Waals surface area contributed by atoms with Crippen LogP contribution in [-0.4, -0.2) is 70.7 Å². The smallest absolute Gasteiger partial charge is 0.407 e. The topological polar surface area (TPSA) is 60.0 Å². The third-order valence-electron chi connectivity index (χ3n) is 9.34. The largest absolute Gasteiger partial charge is 0.447 e. The second-order valence-electron chi connectivity index (χ2n) is 14.8. The number of likely N-dealkylation sites (N-methyl/N-ethyl adjacent to an activating group) is 1. The molecule has 0 rings (SSSR count). The van der Waals surface area contributed by atoms with Gasteiger partial charge < -0.3 is 24.4 Å². The fraction of sp³-hybridized carbons (Fsp3) is 0.886. The van der Waals surface area contributed by atoms with Crippen LogP contribution >= 0.6 is 0 Å². The van der Waals surface area contributed by atoms with Crippen LogP contribution in [0.5, 0.6) is 0 Å². The Kier molecular flexibility index (Phi) is 40.9. The van der Waals surface area contributed by atoms with Crippen LogP contribution in [0.4, 0.5) is 4.79 Å². The van der Waals surface area contributed by atoms with E-state index in [0.717, 1.165) is 26.0 Å². The Morgan fingerprint density at radius 2 is 0.940 bits per heavy atom. The molecule has 1 N–H and O–H groups in total. The van der Waals surface area contributed by atoms with Crippen LogP contribution in [0.2, 0.25) is 0 Å². The minimum atomic E-state index is -0.383. The summed E-state index contributed by atoms with van der Waals surface area (Å²) in [7, 11) is 3.97. The highest BCUT2D eigenvalue weighted by molar-refractivity contribution is 5.67.